The Hall–Kier alpha value is -2.37. The fourth-order valence-electron chi connectivity index (χ4n) is 2.63. The number of aromatic nitrogens is 3. The molecule has 1 saturated heterocycles. The van der Waals surface area contributed by atoms with E-state index in [1.807, 2.05) is 27.8 Å². The van der Waals surface area contributed by atoms with Crippen molar-refractivity contribution in [3.8, 4) is 5.82 Å². The van der Waals surface area contributed by atoms with Crippen LogP contribution < -0.4 is 5.32 Å². The number of likely N-dealkylation sites (tertiary alicyclic amines) is 1. The van der Waals surface area contributed by atoms with Gasteiger partial charge in [-0.25, -0.2) is 14.8 Å². The van der Waals surface area contributed by atoms with Gasteiger partial charge in [-0.2, -0.15) is 0 Å². The first kappa shape index (κ1) is 14.6. The maximum Gasteiger partial charge on any atom is 0.317 e. The highest BCUT2D eigenvalue weighted by Gasteiger charge is 2.14. The zero-order valence-electron chi connectivity index (χ0n) is 12.6. The molecule has 0 saturated carbocycles. The maximum atomic E-state index is 12.2. The Labute approximate surface area is 130 Å². The molecule has 0 atom stereocenters. The Bertz CT molecular complexity index is 586. The smallest absolute Gasteiger partial charge is 0.317 e. The van der Waals surface area contributed by atoms with E-state index < -0.39 is 0 Å². The fraction of sp³-hybridized carbons (Fsp3) is 0.438. The molecule has 1 N–H and O–H groups in total. The number of hydrogen-bond acceptors (Lipinski definition) is 3. The van der Waals surface area contributed by atoms with Crippen molar-refractivity contribution in [1.82, 2.24) is 24.8 Å². The van der Waals surface area contributed by atoms with E-state index in [1.54, 1.807) is 18.7 Å². The van der Waals surface area contributed by atoms with Crippen molar-refractivity contribution in [2.45, 2.75) is 32.2 Å². The molecule has 0 radical (unpaired) electrons. The fourth-order valence-corrected chi connectivity index (χ4v) is 2.63. The Morgan fingerprint density at radius 2 is 2.00 bits per heavy atom. The quantitative estimate of drug-likeness (QED) is 0.946. The van der Waals surface area contributed by atoms with Crippen LogP contribution in [-0.4, -0.2) is 38.6 Å². The van der Waals surface area contributed by atoms with Gasteiger partial charge in [0.25, 0.3) is 0 Å². The summed E-state index contributed by atoms with van der Waals surface area (Å²) >= 11 is 0. The number of nitrogens with zero attached hydrogens (tertiary/aromatic N) is 4. The molecule has 6 heteroatoms. The molecular formula is C16H21N5O. The van der Waals surface area contributed by atoms with Crippen molar-refractivity contribution < 1.29 is 4.79 Å². The van der Waals surface area contributed by atoms with Crippen LogP contribution in [0.15, 0.2) is 37.1 Å². The first-order valence-corrected chi connectivity index (χ1v) is 7.79. The first-order valence-electron chi connectivity index (χ1n) is 7.79. The molecule has 0 bridgehead atoms. The Morgan fingerprint density at radius 1 is 1.18 bits per heavy atom. The molecule has 0 aliphatic carbocycles. The van der Waals surface area contributed by atoms with Crippen molar-refractivity contribution in [3.05, 3.63) is 42.6 Å². The van der Waals surface area contributed by atoms with Crippen LogP contribution in [0.1, 0.15) is 31.2 Å². The van der Waals surface area contributed by atoms with Gasteiger partial charge in [0.15, 0.2) is 0 Å². The van der Waals surface area contributed by atoms with Crippen LogP contribution in [0.4, 0.5) is 4.79 Å². The molecule has 116 valence electrons. The van der Waals surface area contributed by atoms with E-state index in [4.69, 9.17) is 0 Å². The van der Waals surface area contributed by atoms with Gasteiger partial charge in [0, 0.05) is 38.2 Å². The SMILES string of the molecule is O=C(NCc1ccc(-n2ccnc2)nc1)N1CCCCCC1. The molecule has 2 amide bonds. The van der Waals surface area contributed by atoms with Gasteiger partial charge in [-0.05, 0) is 24.5 Å². The minimum atomic E-state index is 0.0283. The lowest BCUT2D eigenvalue weighted by Gasteiger charge is -2.20. The van der Waals surface area contributed by atoms with Gasteiger partial charge in [-0.3, -0.25) is 4.57 Å². The summed E-state index contributed by atoms with van der Waals surface area (Å²) in [5, 5.41) is 2.98. The summed E-state index contributed by atoms with van der Waals surface area (Å²) in [5.74, 6) is 0.820. The Balaban J connectivity index is 1.53. The molecule has 2 aromatic rings. The summed E-state index contributed by atoms with van der Waals surface area (Å²) < 4.78 is 1.85. The lowest BCUT2D eigenvalue weighted by Crippen LogP contribution is -2.40. The third kappa shape index (κ3) is 3.63. The molecule has 3 rings (SSSR count). The van der Waals surface area contributed by atoms with Crippen molar-refractivity contribution >= 4 is 6.03 Å². The molecule has 1 aliphatic heterocycles. The van der Waals surface area contributed by atoms with Gasteiger partial charge in [-0.15, -0.1) is 0 Å². The summed E-state index contributed by atoms with van der Waals surface area (Å²) in [5.41, 5.74) is 0.993. The summed E-state index contributed by atoms with van der Waals surface area (Å²) in [4.78, 5) is 22.5. The van der Waals surface area contributed by atoms with Gasteiger partial charge < -0.3 is 10.2 Å². The standard InChI is InChI=1S/C16H21N5O/c22-16(20-8-3-1-2-4-9-20)19-12-14-5-6-15(18-11-14)21-10-7-17-13-21/h5-7,10-11,13H,1-4,8-9,12H2,(H,19,22). The van der Waals surface area contributed by atoms with Crippen LogP contribution in [0.25, 0.3) is 5.82 Å². The number of carbonyl (C=O) groups is 1. The molecule has 6 nitrogen and oxygen atoms in total. The second-order valence-corrected chi connectivity index (χ2v) is 5.55. The van der Waals surface area contributed by atoms with Crippen molar-refractivity contribution in [3.63, 3.8) is 0 Å². The number of nitrogens with one attached hydrogen (secondary N) is 1. The normalized spacial score (nSPS) is 15.4. The number of rotatable bonds is 3. The largest absolute Gasteiger partial charge is 0.334 e. The van der Waals surface area contributed by atoms with Crippen molar-refractivity contribution in [1.29, 1.82) is 0 Å². The van der Waals surface area contributed by atoms with E-state index in [1.165, 1.54) is 12.8 Å². The predicted octanol–water partition coefficient (Wildman–Crippen LogP) is 2.35. The van der Waals surface area contributed by atoms with Crippen LogP contribution in [0.2, 0.25) is 0 Å². The van der Waals surface area contributed by atoms with Crippen molar-refractivity contribution in [2.24, 2.45) is 0 Å². The average molecular weight is 299 g/mol. The molecule has 2 aromatic heterocycles. The molecular weight excluding hydrogens is 278 g/mol. The summed E-state index contributed by atoms with van der Waals surface area (Å²) in [6.45, 7) is 2.24. The van der Waals surface area contributed by atoms with Gasteiger partial charge in [0.1, 0.15) is 12.1 Å². The third-order valence-corrected chi connectivity index (χ3v) is 3.92. The topological polar surface area (TPSA) is 63.1 Å². The lowest BCUT2D eigenvalue weighted by molar-refractivity contribution is 0.199. The van der Waals surface area contributed by atoms with Crippen molar-refractivity contribution in [2.75, 3.05) is 13.1 Å². The molecule has 3 heterocycles. The zero-order chi connectivity index (χ0) is 15.2. The van der Waals surface area contributed by atoms with Crippen LogP contribution in [0, 0.1) is 0 Å². The molecule has 22 heavy (non-hydrogen) atoms. The number of hydrogen-bond donors (Lipinski definition) is 1. The minimum Gasteiger partial charge on any atom is -0.334 e. The van der Waals surface area contributed by atoms with E-state index in [0.717, 1.165) is 37.3 Å². The number of imidazole rings is 1. The van der Waals surface area contributed by atoms with Crippen LogP contribution in [0.3, 0.4) is 0 Å². The zero-order valence-corrected chi connectivity index (χ0v) is 12.6. The number of pyridine rings is 1. The van der Waals surface area contributed by atoms with E-state index in [2.05, 4.69) is 15.3 Å². The van der Waals surface area contributed by atoms with E-state index in [0.29, 0.717) is 6.54 Å². The van der Waals surface area contributed by atoms with E-state index in [-0.39, 0.29) is 6.03 Å². The molecule has 1 aliphatic rings. The van der Waals surface area contributed by atoms with Gasteiger partial charge in [0.05, 0.1) is 0 Å². The van der Waals surface area contributed by atoms with Gasteiger partial charge in [0.2, 0.25) is 0 Å². The van der Waals surface area contributed by atoms with Crippen LogP contribution in [0.5, 0.6) is 0 Å². The summed E-state index contributed by atoms with van der Waals surface area (Å²) in [6, 6.07) is 3.93. The number of carbonyl (C=O) groups excluding carboxylic acids is 1. The summed E-state index contributed by atoms with van der Waals surface area (Å²) in [7, 11) is 0. The van der Waals surface area contributed by atoms with E-state index >= 15 is 0 Å². The minimum absolute atomic E-state index is 0.0283. The third-order valence-electron chi connectivity index (χ3n) is 3.92. The molecule has 0 spiro atoms. The molecule has 0 aromatic carbocycles. The van der Waals surface area contributed by atoms with Gasteiger partial charge in [-0.1, -0.05) is 18.9 Å². The second-order valence-electron chi connectivity index (χ2n) is 5.55. The average Bonchev–Trinajstić information content (AvgIpc) is 2.95. The number of urea groups is 1. The molecule has 0 unspecified atom stereocenters. The maximum absolute atomic E-state index is 12.2. The highest BCUT2D eigenvalue weighted by Crippen LogP contribution is 2.10. The first-order chi connectivity index (χ1) is 10.8. The van der Waals surface area contributed by atoms with E-state index in [9.17, 15) is 4.79 Å². The Kier molecular flexibility index (Phi) is 4.68. The summed E-state index contributed by atoms with van der Waals surface area (Å²) in [6.07, 6.45) is 11.7. The monoisotopic (exact) mass is 299 g/mol. The number of amides is 2. The lowest BCUT2D eigenvalue weighted by atomic mass is 10.2. The predicted molar refractivity (Wildman–Crippen MR) is 83.6 cm³/mol. The highest BCUT2D eigenvalue weighted by atomic mass is 16.2. The van der Waals surface area contributed by atoms with Gasteiger partial charge >= 0.3 is 6.03 Å². The Morgan fingerprint density at radius 3 is 2.64 bits per heavy atom. The second kappa shape index (κ2) is 7.06. The van der Waals surface area contributed by atoms with Crippen LogP contribution in [-0.2, 0) is 6.54 Å². The highest BCUT2D eigenvalue weighted by molar-refractivity contribution is 5.74. The van der Waals surface area contributed by atoms with Crippen LogP contribution >= 0.6 is 0 Å². The molecule has 1 fully saturated rings.